The summed E-state index contributed by atoms with van der Waals surface area (Å²) in [4.78, 5) is 22.9. The Bertz CT molecular complexity index is 331. The summed E-state index contributed by atoms with van der Waals surface area (Å²) in [6, 6.07) is 0. The molecule has 5 heteroatoms. The lowest BCUT2D eigenvalue weighted by molar-refractivity contribution is -0.143. The van der Waals surface area contributed by atoms with Crippen LogP contribution >= 0.6 is 0 Å². The molecule has 1 aliphatic heterocycles. The van der Waals surface area contributed by atoms with Crippen molar-refractivity contribution in [1.29, 1.82) is 0 Å². The van der Waals surface area contributed by atoms with Crippen LogP contribution in [0.1, 0.15) is 32.6 Å². The van der Waals surface area contributed by atoms with Crippen LogP contribution in [0.25, 0.3) is 0 Å². The Balaban J connectivity index is 1.77. The van der Waals surface area contributed by atoms with Gasteiger partial charge >= 0.3 is 5.97 Å². The van der Waals surface area contributed by atoms with Crippen molar-refractivity contribution in [1.82, 2.24) is 5.32 Å². The molecular formula is C13H21NO4. The molecule has 0 radical (unpaired) electrons. The molecule has 2 N–H and O–H groups in total. The average Bonchev–Trinajstić information content (AvgIpc) is 2.94. The van der Waals surface area contributed by atoms with E-state index in [4.69, 9.17) is 9.84 Å². The van der Waals surface area contributed by atoms with Crippen molar-refractivity contribution >= 4 is 11.9 Å². The zero-order chi connectivity index (χ0) is 13.1. The first-order chi connectivity index (χ1) is 8.58. The van der Waals surface area contributed by atoms with Gasteiger partial charge in [-0.15, -0.1) is 0 Å². The third-order valence-corrected chi connectivity index (χ3v) is 4.08. The van der Waals surface area contributed by atoms with Gasteiger partial charge < -0.3 is 15.2 Å². The molecule has 0 aromatic rings. The molecule has 2 aliphatic rings. The number of hydrogen-bond acceptors (Lipinski definition) is 3. The lowest BCUT2D eigenvalue weighted by Gasteiger charge is -2.17. The van der Waals surface area contributed by atoms with Crippen molar-refractivity contribution < 1.29 is 19.4 Å². The maximum Gasteiger partial charge on any atom is 0.306 e. The number of aliphatic carboxylic acids is 1. The largest absolute Gasteiger partial charge is 0.481 e. The van der Waals surface area contributed by atoms with Gasteiger partial charge in [-0.25, -0.2) is 0 Å². The molecular weight excluding hydrogens is 234 g/mol. The first-order valence-corrected chi connectivity index (χ1v) is 6.70. The monoisotopic (exact) mass is 255 g/mol. The third kappa shape index (κ3) is 3.02. The van der Waals surface area contributed by atoms with Crippen molar-refractivity contribution in [2.75, 3.05) is 13.2 Å². The van der Waals surface area contributed by atoms with Gasteiger partial charge in [-0.2, -0.15) is 0 Å². The maximum absolute atomic E-state index is 11.9. The van der Waals surface area contributed by atoms with Crippen LogP contribution in [0.3, 0.4) is 0 Å². The highest BCUT2D eigenvalue weighted by Gasteiger charge is 2.34. The van der Waals surface area contributed by atoms with E-state index in [1.54, 1.807) is 0 Å². The number of carboxylic acids is 1. The lowest BCUT2D eigenvalue weighted by atomic mass is 9.96. The van der Waals surface area contributed by atoms with Crippen LogP contribution in [0.5, 0.6) is 0 Å². The number of carbonyl (C=O) groups is 2. The van der Waals surface area contributed by atoms with Gasteiger partial charge in [-0.3, -0.25) is 9.59 Å². The first kappa shape index (κ1) is 13.3. The lowest BCUT2D eigenvalue weighted by Crippen LogP contribution is -2.36. The molecule has 0 aromatic carbocycles. The summed E-state index contributed by atoms with van der Waals surface area (Å²) >= 11 is 0. The number of carboxylic acid groups (broad SMARTS) is 1. The van der Waals surface area contributed by atoms with Gasteiger partial charge in [0.25, 0.3) is 0 Å². The van der Waals surface area contributed by atoms with Crippen LogP contribution in [0, 0.1) is 17.8 Å². The minimum absolute atomic E-state index is 0.00962. The van der Waals surface area contributed by atoms with E-state index in [1.165, 1.54) is 0 Å². The summed E-state index contributed by atoms with van der Waals surface area (Å²) in [5.74, 6) is -0.986. The number of hydrogen-bond donors (Lipinski definition) is 2. The van der Waals surface area contributed by atoms with Crippen LogP contribution in [-0.2, 0) is 14.3 Å². The summed E-state index contributed by atoms with van der Waals surface area (Å²) < 4.78 is 5.36. The summed E-state index contributed by atoms with van der Waals surface area (Å²) in [6.45, 7) is 2.94. The van der Waals surface area contributed by atoms with Gasteiger partial charge in [-0.05, 0) is 32.1 Å². The van der Waals surface area contributed by atoms with Gasteiger partial charge in [0.2, 0.25) is 5.91 Å². The van der Waals surface area contributed by atoms with Crippen LogP contribution in [0.4, 0.5) is 0 Å². The molecule has 1 amide bonds. The number of nitrogens with one attached hydrogen (secondary N) is 1. The Morgan fingerprint density at radius 2 is 2.17 bits per heavy atom. The molecule has 0 bridgehead atoms. The summed E-state index contributed by atoms with van der Waals surface area (Å²) in [5.41, 5.74) is 0. The van der Waals surface area contributed by atoms with E-state index in [1.807, 2.05) is 6.92 Å². The maximum atomic E-state index is 11.9. The Morgan fingerprint density at radius 3 is 2.78 bits per heavy atom. The predicted octanol–water partition coefficient (Wildman–Crippen LogP) is 1.03. The van der Waals surface area contributed by atoms with E-state index in [9.17, 15) is 9.59 Å². The Labute approximate surface area is 107 Å². The van der Waals surface area contributed by atoms with Crippen LogP contribution < -0.4 is 5.32 Å². The van der Waals surface area contributed by atoms with Gasteiger partial charge in [0, 0.05) is 6.54 Å². The molecule has 1 heterocycles. The molecule has 1 saturated carbocycles. The molecule has 4 atom stereocenters. The summed E-state index contributed by atoms with van der Waals surface area (Å²) in [7, 11) is 0. The van der Waals surface area contributed by atoms with Crippen molar-refractivity contribution in [2.24, 2.45) is 17.8 Å². The second kappa shape index (κ2) is 5.69. The number of ether oxygens (including phenoxy) is 1. The average molecular weight is 255 g/mol. The van der Waals surface area contributed by atoms with E-state index >= 15 is 0 Å². The molecule has 1 saturated heterocycles. The predicted molar refractivity (Wildman–Crippen MR) is 65.0 cm³/mol. The Hall–Kier alpha value is -1.10. The van der Waals surface area contributed by atoms with Gasteiger partial charge in [-0.1, -0.05) is 6.42 Å². The SMILES string of the molecule is CC1CC(C(=O)NCC2CCCC2C(=O)O)CO1. The molecule has 102 valence electrons. The molecule has 0 spiro atoms. The standard InChI is InChI=1S/C13H21NO4/c1-8-5-10(7-18-8)12(15)14-6-9-3-2-4-11(9)13(16)17/h8-11H,2-7H2,1H3,(H,14,15)(H,16,17). The molecule has 2 fully saturated rings. The fraction of sp³-hybridized carbons (Fsp3) is 0.846. The van der Waals surface area contributed by atoms with Gasteiger partial charge in [0.1, 0.15) is 0 Å². The van der Waals surface area contributed by atoms with E-state index in [-0.39, 0.29) is 29.8 Å². The highest BCUT2D eigenvalue weighted by atomic mass is 16.5. The topological polar surface area (TPSA) is 75.6 Å². The van der Waals surface area contributed by atoms with Gasteiger partial charge in [0.05, 0.1) is 24.5 Å². The fourth-order valence-electron chi connectivity index (χ4n) is 2.98. The van der Waals surface area contributed by atoms with Crippen LogP contribution in [0.2, 0.25) is 0 Å². The van der Waals surface area contributed by atoms with Crippen molar-refractivity contribution in [3.05, 3.63) is 0 Å². The minimum Gasteiger partial charge on any atom is -0.481 e. The normalized spacial score (nSPS) is 35.6. The molecule has 18 heavy (non-hydrogen) atoms. The van der Waals surface area contributed by atoms with Crippen molar-refractivity contribution in [3.63, 3.8) is 0 Å². The van der Waals surface area contributed by atoms with E-state index in [0.717, 1.165) is 25.7 Å². The van der Waals surface area contributed by atoms with Crippen molar-refractivity contribution in [2.45, 2.75) is 38.7 Å². The molecule has 5 nitrogen and oxygen atoms in total. The Morgan fingerprint density at radius 1 is 1.39 bits per heavy atom. The summed E-state index contributed by atoms with van der Waals surface area (Å²) in [6.07, 6.45) is 3.49. The number of carbonyl (C=O) groups excluding carboxylic acids is 1. The molecule has 0 aromatic heterocycles. The van der Waals surface area contributed by atoms with E-state index < -0.39 is 5.97 Å². The van der Waals surface area contributed by atoms with Crippen LogP contribution in [-0.4, -0.2) is 36.2 Å². The van der Waals surface area contributed by atoms with Gasteiger partial charge in [0.15, 0.2) is 0 Å². The summed E-state index contributed by atoms with van der Waals surface area (Å²) in [5, 5.41) is 12.0. The first-order valence-electron chi connectivity index (χ1n) is 6.70. The van der Waals surface area contributed by atoms with E-state index in [0.29, 0.717) is 13.2 Å². The highest BCUT2D eigenvalue weighted by molar-refractivity contribution is 5.79. The fourth-order valence-corrected chi connectivity index (χ4v) is 2.98. The second-order valence-corrected chi connectivity index (χ2v) is 5.46. The number of rotatable bonds is 4. The zero-order valence-electron chi connectivity index (χ0n) is 10.7. The molecule has 2 rings (SSSR count). The second-order valence-electron chi connectivity index (χ2n) is 5.46. The highest BCUT2D eigenvalue weighted by Crippen LogP contribution is 2.31. The smallest absolute Gasteiger partial charge is 0.306 e. The molecule has 1 aliphatic carbocycles. The minimum atomic E-state index is -0.732. The third-order valence-electron chi connectivity index (χ3n) is 4.08. The van der Waals surface area contributed by atoms with E-state index in [2.05, 4.69) is 5.32 Å². The number of amides is 1. The quantitative estimate of drug-likeness (QED) is 0.786. The Kier molecular flexibility index (Phi) is 4.22. The molecule has 4 unspecified atom stereocenters. The van der Waals surface area contributed by atoms with Crippen LogP contribution in [0.15, 0.2) is 0 Å². The zero-order valence-corrected chi connectivity index (χ0v) is 10.7. The van der Waals surface area contributed by atoms with Crippen molar-refractivity contribution in [3.8, 4) is 0 Å².